The van der Waals surface area contributed by atoms with E-state index in [1.54, 1.807) is 0 Å². The lowest BCUT2D eigenvalue weighted by Crippen LogP contribution is -2.64. The number of carbonyl (C=O) groups excluding carboxylic acids is 1. The first-order valence-corrected chi connectivity index (χ1v) is 12.2. The van der Waals surface area contributed by atoms with Crippen molar-refractivity contribution >= 4 is 5.91 Å². The molecule has 2 heteroatoms. The monoisotopic (exact) mass is 373 g/mol. The minimum absolute atomic E-state index is 0.366. The SMILES string of the molecule is CCCCCCC1C[C@@H]2[C@@H](CC[C@]3(C)CCC[C@@H]23)[C@@]2(C)CCC(=O)N(C)C12. The minimum atomic E-state index is 0.366. The van der Waals surface area contributed by atoms with Gasteiger partial charge in [0.25, 0.3) is 0 Å². The Morgan fingerprint density at radius 2 is 1.85 bits per heavy atom. The third kappa shape index (κ3) is 3.18. The molecule has 3 saturated carbocycles. The van der Waals surface area contributed by atoms with Gasteiger partial charge in [0.2, 0.25) is 5.91 Å². The molecule has 0 radical (unpaired) electrons. The highest BCUT2D eigenvalue weighted by Gasteiger charge is 2.61. The van der Waals surface area contributed by atoms with E-state index in [-0.39, 0.29) is 0 Å². The molecule has 2 unspecified atom stereocenters. The Kier molecular flexibility index (Phi) is 5.40. The molecular weight excluding hydrogens is 330 g/mol. The summed E-state index contributed by atoms with van der Waals surface area (Å²) in [5.41, 5.74) is 0.998. The van der Waals surface area contributed by atoms with Gasteiger partial charge in [0.05, 0.1) is 0 Å². The largest absolute Gasteiger partial charge is 0.342 e. The molecule has 0 spiro atoms. The minimum Gasteiger partial charge on any atom is -0.342 e. The highest BCUT2D eigenvalue weighted by Crippen LogP contribution is 2.66. The topological polar surface area (TPSA) is 20.3 Å². The van der Waals surface area contributed by atoms with Gasteiger partial charge in [0.1, 0.15) is 0 Å². The second-order valence-electron chi connectivity index (χ2n) is 11.3. The van der Waals surface area contributed by atoms with Crippen LogP contribution >= 0.6 is 0 Å². The predicted octanol–water partition coefficient (Wildman–Crippen LogP) is 6.44. The van der Waals surface area contributed by atoms with Crippen LogP contribution in [0.4, 0.5) is 0 Å². The molecule has 1 aliphatic heterocycles. The van der Waals surface area contributed by atoms with Crippen molar-refractivity contribution in [1.82, 2.24) is 4.90 Å². The Balaban J connectivity index is 1.61. The summed E-state index contributed by atoms with van der Waals surface area (Å²) in [4.78, 5) is 14.8. The van der Waals surface area contributed by atoms with Crippen LogP contribution < -0.4 is 0 Å². The molecule has 1 heterocycles. The third-order valence-corrected chi connectivity index (χ3v) is 9.88. The molecule has 4 aliphatic rings. The number of hydrogen-bond donors (Lipinski definition) is 0. The molecule has 0 aromatic rings. The zero-order valence-corrected chi connectivity index (χ0v) is 18.4. The summed E-state index contributed by atoms with van der Waals surface area (Å²) in [5.74, 6) is 3.92. The lowest BCUT2D eigenvalue weighted by molar-refractivity contribution is -0.168. The average Bonchev–Trinajstić information content (AvgIpc) is 3.04. The van der Waals surface area contributed by atoms with Gasteiger partial charge in [-0.1, -0.05) is 52.9 Å². The zero-order valence-electron chi connectivity index (χ0n) is 18.4. The smallest absolute Gasteiger partial charge is 0.222 e. The first-order valence-electron chi connectivity index (χ1n) is 12.2. The van der Waals surface area contributed by atoms with Gasteiger partial charge >= 0.3 is 0 Å². The number of carbonyl (C=O) groups is 1. The van der Waals surface area contributed by atoms with Crippen molar-refractivity contribution in [3.05, 3.63) is 0 Å². The quantitative estimate of drug-likeness (QED) is 0.508. The van der Waals surface area contributed by atoms with Gasteiger partial charge < -0.3 is 4.90 Å². The van der Waals surface area contributed by atoms with Crippen LogP contribution in [-0.2, 0) is 4.79 Å². The number of fused-ring (bicyclic) bond motifs is 5. The zero-order chi connectivity index (χ0) is 19.2. The van der Waals surface area contributed by atoms with Gasteiger partial charge in [-0.25, -0.2) is 0 Å². The molecule has 1 saturated heterocycles. The van der Waals surface area contributed by atoms with Crippen molar-refractivity contribution in [1.29, 1.82) is 0 Å². The first-order chi connectivity index (χ1) is 12.9. The molecular formula is C25H43NO. The maximum Gasteiger partial charge on any atom is 0.222 e. The summed E-state index contributed by atoms with van der Waals surface area (Å²) in [5, 5.41) is 0. The Labute approximate surface area is 167 Å². The molecule has 0 N–H and O–H groups in total. The number of likely N-dealkylation sites (tertiary alicyclic amines) is 1. The molecule has 4 fully saturated rings. The van der Waals surface area contributed by atoms with E-state index in [4.69, 9.17) is 0 Å². The van der Waals surface area contributed by atoms with E-state index in [9.17, 15) is 4.79 Å². The molecule has 2 nitrogen and oxygen atoms in total. The molecule has 0 aromatic heterocycles. The molecule has 3 aliphatic carbocycles. The van der Waals surface area contributed by atoms with E-state index in [0.29, 0.717) is 22.8 Å². The van der Waals surface area contributed by atoms with Gasteiger partial charge in [-0.2, -0.15) is 0 Å². The molecule has 7 atom stereocenters. The van der Waals surface area contributed by atoms with E-state index in [1.807, 2.05) is 0 Å². The summed E-state index contributed by atoms with van der Waals surface area (Å²) in [6.45, 7) is 7.51. The summed E-state index contributed by atoms with van der Waals surface area (Å²) < 4.78 is 0. The van der Waals surface area contributed by atoms with Crippen LogP contribution in [0.15, 0.2) is 0 Å². The maximum absolute atomic E-state index is 12.6. The van der Waals surface area contributed by atoms with Crippen LogP contribution in [-0.4, -0.2) is 23.9 Å². The predicted molar refractivity (Wildman–Crippen MR) is 112 cm³/mol. The maximum atomic E-state index is 12.6. The standard InChI is InChI=1S/C25H43NO/c1-5-6-7-8-10-18-17-19-20-11-9-14-24(20,2)15-12-21(19)25(3)16-13-22(27)26(4)23(18)25/h18-21,23H,5-17H2,1-4H3/t18?,19-,20-,21+,23?,24-,25+/m0/s1. The average molecular weight is 374 g/mol. The third-order valence-electron chi connectivity index (χ3n) is 9.88. The second kappa shape index (κ2) is 7.38. The number of rotatable bonds is 5. The van der Waals surface area contributed by atoms with Crippen LogP contribution in [0.2, 0.25) is 0 Å². The van der Waals surface area contributed by atoms with Crippen molar-refractivity contribution < 1.29 is 4.79 Å². The van der Waals surface area contributed by atoms with E-state index >= 15 is 0 Å². The van der Waals surface area contributed by atoms with E-state index in [2.05, 4.69) is 32.7 Å². The van der Waals surface area contributed by atoms with Gasteiger partial charge in [-0.15, -0.1) is 0 Å². The fourth-order valence-corrected chi connectivity index (χ4v) is 8.57. The summed E-state index contributed by atoms with van der Waals surface area (Å²) in [6, 6.07) is 0.507. The molecule has 4 rings (SSSR count). The van der Waals surface area contributed by atoms with Gasteiger partial charge in [-0.3, -0.25) is 4.79 Å². The van der Waals surface area contributed by atoms with Crippen molar-refractivity contribution in [3.8, 4) is 0 Å². The molecule has 1 amide bonds. The van der Waals surface area contributed by atoms with Crippen LogP contribution in [0.5, 0.6) is 0 Å². The van der Waals surface area contributed by atoms with Crippen LogP contribution in [0.25, 0.3) is 0 Å². The molecule has 27 heavy (non-hydrogen) atoms. The summed E-state index contributed by atoms with van der Waals surface area (Å²) in [7, 11) is 2.13. The lowest BCUT2D eigenvalue weighted by Gasteiger charge is -2.63. The summed E-state index contributed by atoms with van der Waals surface area (Å²) >= 11 is 0. The van der Waals surface area contributed by atoms with Crippen LogP contribution in [0.3, 0.4) is 0 Å². The highest BCUT2D eigenvalue weighted by atomic mass is 16.2. The van der Waals surface area contributed by atoms with Crippen molar-refractivity contribution in [2.24, 2.45) is 34.5 Å². The van der Waals surface area contributed by atoms with Gasteiger partial charge in [-0.05, 0) is 79.4 Å². The van der Waals surface area contributed by atoms with Gasteiger partial charge in [0.15, 0.2) is 0 Å². The van der Waals surface area contributed by atoms with E-state index < -0.39 is 0 Å². The van der Waals surface area contributed by atoms with Crippen molar-refractivity contribution in [2.45, 2.75) is 110 Å². The van der Waals surface area contributed by atoms with Crippen LogP contribution in [0, 0.1) is 34.5 Å². The number of piperidine rings is 1. The number of hydrogen-bond acceptors (Lipinski definition) is 1. The van der Waals surface area contributed by atoms with E-state index in [0.717, 1.165) is 36.5 Å². The second-order valence-corrected chi connectivity index (χ2v) is 11.3. The van der Waals surface area contributed by atoms with Crippen LogP contribution in [0.1, 0.15) is 104 Å². The highest BCUT2D eigenvalue weighted by molar-refractivity contribution is 5.77. The fraction of sp³-hybridized carbons (Fsp3) is 0.960. The fourth-order valence-electron chi connectivity index (χ4n) is 8.57. The number of amides is 1. The lowest BCUT2D eigenvalue weighted by atomic mass is 9.45. The normalized spacial score (nSPS) is 46.7. The summed E-state index contributed by atoms with van der Waals surface area (Å²) in [6.07, 6.45) is 17.4. The van der Waals surface area contributed by atoms with E-state index in [1.165, 1.54) is 70.6 Å². The first kappa shape index (κ1) is 19.8. The van der Waals surface area contributed by atoms with Crippen molar-refractivity contribution in [3.63, 3.8) is 0 Å². The Morgan fingerprint density at radius 1 is 1.04 bits per heavy atom. The molecule has 0 aromatic carbocycles. The number of unbranched alkanes of at least 4 members (excludes halogenated alkanes) is 3. The van der Waals surface area contributed by atoms with Gasteiger partial charge in [0, 0.05) is 19.5 Å². The number of nitrogens with zero attached hydrogens (tertiary/aromatic N) is 1. The Bertz CT molecular complexity index is 559. The molecule has 154 valence electrons. The molecule has 0 bridgehead atoms. The Morgan fingerprint density at radius 3 is 2.63 bits per heavy atom. The van der Waals surface area contributed by atoms with Crippen molar-refractivity contribution in [2.75, 3.05) is 7.05 Å². The Hall–Kier alpha value is -0.530.